The molecule has 1 N–H and O–H groups in total. The van der Waals surface area contributed by atoms with Gasteiger partial charge in [-0.25, -0.2) is 9.22 Å². The lowest BCUT2D eigenvalue weighted by molar-refractivity contribution is 0.583. The van der Waals surface area contributed by atoms with Crippen molar-refractivity contribution >= 4 is 15.7 Å². The third kappa shape index (κ3) is 4.25. The summed E-state index contributed by atoms with van der Waals surface area (Å²) < 4.78 is 38.7. The summed E-state index contributed by atoms with van der Waals surface area (Å²) >= 11 is 0. The minimum atomic E-state index is -3.80. The molecule has 0 bridgehead atoms. The van der Waals surface area contributed by atoms with Gasteiger partial charge in [0.1, 0.15) is 5.82 Å². The predicted octanol–water partition coefficient (Wildman–Crippen LogP) is 4.40. The van der Waals surface area contributed by atoms with Crippen molar-refractivity contribution in [2.45, 2.75) is 43.9 Å². The zero-order valence-corrected chi connectivity index (χ0v) is 14.9. The molecule has 6 heteroatoms. The summed E-state index contributed by atoms with van der Waals surface area (Å²) in [6, 6.07) is 10.9. The Bertz CT molecular complexity index is 882. The Morgan fingerprint density at radius 1 is 1.00 bits per heavy atom. The van der Waals surface area contributed by atoms with Gasteiger partial charge in [0.2, 0.25) is 0 Å². The largest absolute Gasteiger partial charge is 0.277 e. The second-order valence-electron chi connectivity index (χ2n) is 6.34. The second kappa shape index (κ2) is 7.35. The lowest BCUT2D eigenvalue weighted by atomic mass is 9.99. The maximum atomic E-state index is 13.2. The van der Waals surface area contributed by atoms with E-state index in [2.05, 4.69) is 9.93 Å². The van der Waals surface area contributed by atoms with E-state index in [9.17, 15) is 12.8 Å². The molecule has 0 unspecified atom stereocenters. The first-order valence-corrected chi connectivity index (χ1v) is 9.88. The fourth-order valence-electron chi connectivity index (χ4n) is 2.98. The van der Waals surface area contributed by atoms with Crippen LogP contribution in [0.5, 0.6) is 0 Å². The normalized spacial score (nSPS) is 15.0. The second-order valence-corrected chi connectivity index (χ2v) is 7.97. The number of halogens is 1. The number of hydrogen-bond donors (Lipinski definition) is 1. The van der Waals surface area contributed by atoms with Crippen LogP contribution in [-0.4, -0.2) is 14.1 Å². The first-order chi connectivity index (χ1) is 12.0. The van der Waals surface area contributed by atoms with Gasteiger partial charge in [0.25, 0.3) is 10.0 Å². The minimum absolute atomic E-state index is 0.143. The molecule has 0 radical (unpaired) electrons. The van der Waals surface area contributed by atoms with Crippen molar-refractivity contribution in [3.8, 4) is 11.1 Å². The maximum absolute atomic E-state index is 13.2. The topological polar surface area (TPSA) is 58.5 Å². The number of hydrogen-bond acceptors (Lipinski definition) is 3. The molecule has 0 spiro atoms. The summed E-state index contributed by atoms with van der Waals surface area (Å²) in [7, 11) is -3.80. The highest BCUT2D eigenvalue weighted by molar-refractivity contribution is 7.89. The molecule has 1 fully saturated rings. The van der Waals surface area contributed by atoms with E-state index in [1.165, 1.54) is 18.6 Å². The molecule has 3 rings (SSSR count). The standard InChI is InChI=1S/C19H21FN2O2S/c1-14-7-12-19(18(13-14)15-8-10-16(20)11-9-15)25(23,24)22-21-17-5-3-2-4-6-17/h7-13,22H,2-6H2,1H3. The van der Waals surface area contributed by atoms with Gasteiger partial charge in [-0.15, -0.1) is 0 Å². The number of benzene rings is 2. The molecule has 1 aliphatic carbocycles. The first-order valence-electron chi connectivity index (χ1n) is 8.39. The van der Waals surface area contributed by atoms with Gasteiger partial charge < -0.3 is 0 Å². The van der Waals surface area contributed by atoms with Crippen molar-refractivity contribution in [3.05, 3.63) is 53.8 Å². The molecule has 0 aromatic heterocycles. The zero-order valence-electron chi connectivity index (χ0n) is 14.1. The van der Waals surface area contributed by atoms with Gasteiger partial charge in [0.05, 0.1) is 4.90 Å². The highest BCUT2D eigenvalue weighted by Crippen LogP contribution is 2.28. The fourth-order valence-corrected chi connectivity index (χ4v) is 4.04. The van der Waals surface area contributed by atoms with Crippen LogP contribution >= 0.6 is 0 Å². The van der Waals surface area contributed by atoms with E-state index in [4.69, 9.17) is 0 Å². The van der Waals surface area contributed by atoms with E-state index >= 15 is 0 Å². The van der Waals surface area contributed by atoms with Gasteiger partial charge in [-0.2, -0.15) is 13.5 Å². The molecule has 4 nitrogen and oxygen atoms in total. The summed E-state index contributed by atoms with van der Waals surface area (Å²) in [5, 5.41) is 4.12. The zero-order chi connectivity index (χ0) is 17.9. The number of rotatable bonds is 4. The van der Waals surface area contributed by atoms with Gasteiger partial charge >= 0.3 is 0 Å². The van der Waals surface area contributed by atoms with Crippen LogP contribution in [0, 0.1) is 12.7 Å². The average Bonchev–Trinajstić information content (AvgIpc) is 2.61. The van der Waals surface area contributed by atoms with Crippen LogP contribution in [0.2, 0.25) is 0 Å². The maximum Gasteiger partial charge on any atom is 0.277 e. The van der Waals surface area contributed by atoms with Crippen LogP contribution in [0.4, 0.5) is 4.39 Å². The van der Waals surface area contributed by atoms with Crippen molar-refractivity contribution in [1.82, 2.24) is 4.83 Å². The van der Waals surface area contributed by atoms with E-state index in [1.54, 1.807) is 30.3 Å². The summed E-state index contributed by atoms with van der Waals surface area (Å²) in [6.45, 7) is 1.89. The molecule has 0 saturated heterocycles. The van der Waals surface area contributed by atoms with Crippen molar-refractivity contribution in [2.24, 2.45) is 5.10 Å². The Kier molecular flexibility index (Phi) is 5.18. The van der Waals surface area contributed by atoms with E-state index < -0.39 is 10.0 Å². The van der Waals surface area contributed by atoms with Crippen molar-refractivity contribution in [2.75, 3.05) is 0 Å². The van der Waals surface area contributed by atoms with Crippen molar-refractivity contribution in [1.29, 1.82) is 0 Å². The Morgan fingerprint density at radius 2 is 1.68 bits per heavy atom. The summed E-state index contributed by atoms with van der Waals surface area (Å²) in [5.74, 6) is -0.359. The monoisotopic (exact) mass is 360 g/mol. The molecule has 132 valence electrons. The van der Waals surface area contributed by atoms with Gasteiger partial charge in [0.15, 0.2) is 0 Å². The lowest BCUT2D eigenvalue weighted by Crippen LogP contribution is -2.22. The third-order valence-electron chi connectivity index (χ3n) is 4.33. The number of sulfonamides is 1. The Labute approximate surface area is 147 Å². The van der Waals surface area contributed by atoms with Gasteiger partial charge in [-0.05, 0) is 56.4 Å². The molecular formula is C19H21FN2O2S. The SMILES string of the molecule is Cc1ccc(S(=O)(=O)NN=C2CCCCC2)c(-c2ccc(F)cc2)c1. The van der Waals surface area contributed by atoms with Gasteiger partial charge in [0, 0.05) is 11.3 Å². The van der Waals surface area contributed by atoms with E-state index in [-0.39, 0.29) is 10.7 Å². The highest BCUT2D eigenvalue weighted by atomic mass is 32.2. The van der Waals surface area contributed by atoms with E-state index in [1.807, 2.05) is 6.92 Å². The van der Waals surface area contributed by atoms with Crippen molar-refractivity contribution in [3.63, 3.8) is 0 Å². The molecule has 2 aromatic carbocycles. The van der Waals surface area contributed by atoms with Crippen LogP contribution < -0.4 is 4.83 Å². The fraction of sp³-hybridized carbons (Fsp3) is 0.316. The van der Waals surface area contributed by atoms with Gasteiger partial charge in [-0.1, -0.05) is 36.2 Å². The van der Waals surface area contributed by atoms with E-state index in [0.29, 0.717) is 11.1 Å². The molecule has 0 amide bonds. The molecule has 25 heavy (non-hydrogen) atoms. The smallest absolute Gasteiger partial charge is 0.207 e. The van der Waals surface area contributed by atoms with Crippen molar-refractivity contribution < 1.29 is 12.8 Å². The van der Waals surface area contributed by atoms with Crippen LogP contribution in [0.25, 0.3) is 11.1 Å². The molecule has 0 heterocycles. The predicted molar refractivity (Wildman–Crippen MR) is 97.4 cm³/mol. The molecule has 2 aromatic rings. The Balaban J connectivity index is 1.96. The third-order valence-corrected chi connectivity index (χ3v) is 5.60. The molecule has 0 aliphatic heterocycles. The minimum Gasteiger partial charge on any atom is -0.207 e. The van der Waals surface area contributed by atoms with E-state index in [0.717, 1.165) is 37.0 Å². The molecule has 1 aliphatic rings. The Hall–Kier alpha value is -2.21. The van der Waals surface area contributed by atoms with Crippen LogP contribution in [-0.2, 0) is 10.0 Å². The average molecular weight is 360 g/mol. The lowest BCUT2D eigenvalue weighted by Gasteiger charge is -2.14. The Morgan fingerprint density at radius 3 is 2.36 bits per heavy atom. The summed E-state index contributed by atoms with van der Waals surface area (Å²) in [6.07, 6.45) is 4.93. The number of hydrazone groups is 1. The highest BCUT2D eigenvalue weighted by Gasteiger charge is 2.20. The van der Waals surface area contributed by atoms with Crippen LogP contribution in [0.3, 0.4) is 0 Å². The molecular weight excluding hydrogens is 339 g/mol. The van der Waals surface area contributed by atoms with Crippen LogP contribution in [0.15, 0.2) is 52.5 Å². The van der Waals surface area contributed by atoms with Crippen LogP contribution in [0.1, 0.15) is 37.7 Å². The first kappa shape index (κ1) is 17.6. The number of nitrogens with zero attached hydrogens (tertiary/aromatic N) is 1. The quantitative estimate of drug-likeness (QED) is 0.822. The summed E-state index contributed by atoms with van der Waals surface area (Å²) in [5.41, 5.74) is 3.01. The summed E-state index contributed by atoms with van der Waals surface area (Å²) in [4.78, 5) is 2.52. The molecule has 1 saturated carbocycles. The molecule has 0 atom stereocenters. The number of nitrogens with one attached hydrogen (secondary N) is 1. The number of aryl methyl sites for hydroxylation is 1. The van der Waals surface area contributed by atoms with Gasteiger partial charge in [-0.3, -0.25) is 0 Å².